The lowest BCUT2D eigenvalue weighted by Crippen LogP contribution is -2.33. The van der Waals surface area contributed by atoms with Crippen molar-refractivity contribution < 1.29 is 14.3 Å². The summed E-state index contributed by atoms with van der Waals surface area (Å²) in [7, 11) is 1.36. The topological polar surface area (TPSA) is 43.4 Å². The summed E-state index contributed by atoms with van der Waals surface area (Å²) in [6, 6.07) is 0. The Kier molecular flexibility index (Phi) is 5.16. The Labute approximate surface area is 104 Å². The van der Waals surface area contributed by atoms with Gasteiger partial charge < -0.3 is 4.74 Å². The third-order valence-electron chi connectivity index (χ3n) is 3.95. The number of hydrogen-bond donors (Lipinski definition) is 0. The molecule has 0 aromatic rings. The number of ketones is 1. The number of carbonyl (C=O) groups is 2. The molecule has 0 aromatic carbocycles. The van der Waals surface area contributed by atoms with Crippen LogP contribution in [-0.2, 0) is 14.3 Å². The van der Waals surface area contributed by atoms with Crippen LogP contribution in [0.5, 0.6) is 0 Å². The van der Waals surface area contributed by atoms with Gasteiger partial charge in [-0.3, -0.25) is 9.59 Å². The Morgan fingerprint density at radius 1 is 1.29 bits per heavy atom. The first-order chi connectivity index (χ1) is 8.01. The van der Waals surface area contributed by atoms with E-state index in [4.69, 9.17) is 4.74 Å². The van der Waals surface area contributed by atoms with Crippen molar-refractivity contribution >= 4 is 11.8 Å². The molecule has 98 valence electrons. The van der Waals surface area contributed by atoms with E-state index in [0.717, 1.165) is 25.7 Å². The second-order valence-electron chi connectivity index (χ2n) is 5.43. The molecular formula is C14H24O3. The molecule has 0 saturated heterocycles. The molecule has 0 bridgehead atoms. The van der Waals surface area contributed by atoms with E-state index >= 15 is 0 Å². The summed E-state index contributed by atoms with van der Waals surface area (Å²) in [5.41, 5.74) is 0. The van der Waals surface area contributed by atoms with Crippen molar-refractivity contribution in [3.63, 3.8) is 0 Å². The van der Waals surface area contributed by atoms with Gasteiger partial charge in [0.2, 0.25) is 0 Å². The highest BCUT2D eigenvalue weighted by atomic mass is 16.5. The van der Waals surface area contributed by atoms with E-state index in [1.165, 1.54) is 7.11 Å². The van der Waals surface area contributed by atoms with Gasteiger partial charge in [-0.15, -0.1) is 0 Å². The second-order valence-corrected chi connectivity index (χ2v) is 5.43. The molecule has 0 aliphatic heterocycles. The van der Waals surface area contributed by atoms with Gasteiger partial charge in [0.15, 0.2) is 0 Å². The molecule has 0 aromatic heterocycles. The Balaban J connectivity index is 2.69. The van der Waals surface area contributed by atoms with Gasteiger partial charge in [0.1, 0.15) is 11.7 Å². The van der Waals surface area contributed by atoms with E-state index in [1.54, 1.807) is 0 Å². The molecule has 1 rings (SSSR count). The number of carbonyl (C=O) groups excluding carboxylic acids is 2. The molecule has 3 atom stereocenters. The van der Waals surface area contributed by atoms with Crippen LogP contribution in [0, 0.1) is 23.7 Å². The molecule has 1 aliphatic rings. The lowest BCUT2D eigenvalue weighted by molar-refractivity contribution is -0.152. The van der Waals surface area contributed by atoms with Crippen molar-refractivity contribution in [3.05, 3.63) is 0 Å². The molecule has 0 heterocycles. The Morgan fingerprint density at radius 3 is 2.35 bits per heavy atom. The minimum atomic E-state index is -0.569. The van der Waals surface area contributed by atoms with Crippen molar-refractivity contribution in [2.45, 2.75) is 46.5 Å². The smallest absolute Gasteiger partial charge is 0.316 e. The molecule has 3 nitrogen and oxygen atoms in total. The van der Waals surface area contributed by atoms with Gasteiger partial charge in [-0.25, -0.2) is 0 Å². The van der Waals surface area contributed by atoms with Crippen LogP contribution in [0.4, 0.5) is 0 Å². The van der Waals surface area contributed by atoms with Crippen molar-refractivity contribution in [1.29, 1.82) is 0 Å². The number of hydrogen-bond acceptors (Lipinski definition) is 3. The zero-order valence-electron chi connectivity index (χ0n) is 11.4. The lowest BCUT2D eigenvalue weighted by Gasteiger charge is -2.20. The molecule has 0 radical (unpaired) electrons. The van der Waals surface area contributed by atoms with Crippen molar-refractivity contribution in [3.8, 4) is 0 Å². The maximum atomic E-state index is 12.3. The fraction of sp³-hybridized carbons (Fsp3) is 0.857. The van der Waals surface area contributed by atoms with Gasteiger partial charge in [-0.1, -0.05) is 27.2 Å². The van der Waals surface area contributed by atoms with Crippen molar-refractivity contribution in [2.24, 2.45) is 23.7 Å². The summed E-state index contributed by atoms with van der Waals surface area (Å²) in [4.78, 5) is 24.0. The zero-order chi connectivity index (χ0) is 13.0. The predicted octanol–water partition coefficient (Wildman–Crippen LogP) is 2.83. The fourth-order valence-corrected chi connectivity index (χ4v) is 2.80. The third-order valence-corrected chi connectivity index (χ3v) is 3.95. The van der Waals surface area contributed by atoms with Crippen LogP contribution in [0.25, 0.3) is 0 Å². The van der Waals surface area contributed by atoms with Crippen LogP contribution in [-0.4, -0.2) is 18.9 Å². The quantitative estimate of drug-likeness (QED) is 0.548. The molecule has 0 spiro atoms. The minimum absolute atomic E-state index is 0.0237. The molecule has 3 unspecified atom stereocenters. The van der Waals surface area contributed by atoms with Crippen LogP contribution < -0.4 is 0 Å². The van der Waals surface area contributed by atoms with Gasteiger partial charge in [0.25, 0.3) is 0 Å². The highest BCUT2D eigenvalue weighted by Gasteiger charge is 2.38. The van der Waals surface area contributed by atoms with Crippen molar-refractivity contribution in [2.75, 3.05) is 7.11 Å². The minimum Gasteiger partial charge on any atom is -0.468 e. The van der Waals surface area contributed by atoms with Crippen LogP contribution in [0.3, 0.4) is 0 Å². The monoisotopic (exact) mass is 240 g/mol. The van der Waals surface area contributed by atoms with Crippen LogP contribution in [0.2, 0.25) is 0 Å². The van der Waals surface area contributed by atoms with E-state index in [9.17, 15) is 9.59 Å². The van der Waals surface area contributed by atoms with Crippen molar-refractivity contribution in [1.82, 2.24) is 0 Å². The molecule has 3 heteroatoms. The number of rotatable bonds is 5. The van der Waals surface area contributed by atoms with E-state index < -0.39 is 5.92 Å². The highest BCUT2D eigenvalue weighted by molar-refractivity contribution is 6.00. The number of Topliss-reactive ketones (excluding diaryl/α,β-unsaturated/α-hetero) is 1. The molecule has 0 N–H and O–H groups in total. The molecule has 1 fully saturated rings. The summed E-state index contributed by atoms with van der Waals surface area (Å²) in [6.07, 6.45) is 4.15. The summed E-state index contributed by atoms with van der Waals surface area (Å²) in [5, 5.41) is 0. The SMILES string of the molecule is CCC1CCC(C(=O)C(C(=O)OC)C(C)C)C1. The largest absolute Gasteiger partial charge is 0.468 e. The van der Waals surface area contributed by atoms with E-state index in [1.807, 2.05) is 13.8 Å². The van der Waals surface area contributed by atoms with Gasteiger partial charge >= 0.3 is 5.97 Å². The lowest BCUT2D eigenvalue weighted by atomic mass is 9.84. The summed E-state index contributed by atoms with van der Waals surface area (Å²) in [6.45, 7) is 5.98. The third kappa shape index (κ3) is 3.30. The maximum Gasteiger partial charge on any atom is 0.316 e. The van der Waals surface area contributed by atoms with Crippen LogP contribution in [0.15, 0.2) is 0 Å². The predicted molar refractivity (Wildman–Crippen MR) is 66.5 cm³/mol. The van der Waals surface area contributed by atoms with Gasteiger partial charge in [0, 0.05) is 5.92 Å². The normalized spacial score (nSPS) is 25.9. The maximum absolute atomic E-state index is 12.3. The van der Waals surface area contributed by atoms with Crippen LogP contribution >= 0.6 is 0 Å². The number of methoxy groups -OCH3 is 1. The molecule has 1 saturated carbocycles. The number of ether oxygens (including phenoxy) is 1. The van der Waals surface area contributed by atoms with E-state index in [0.29, 0.717) is 5.92 Å². The molecular weight excluding hydrogens is 216 g/mol. The Hall–Kier alpha value is -0.860. The van der Waals surface area contributed by atoms with Gasteiger partial charge in [-0.2, -0.15) is 0 Å². The summed E-state index contributed by atoms with van der Waals surface area (Å²) >= 11 is 0. The first-order valence-corrected chi connectivity index (χ1v) is 6.62. The standard InChI is InChI=1S/C14H24O3/c1-5-10-6-7-11(8-10)13(15)12(9(2)3)14(16)17-4/h9-12H,5-8H2,1-4H3. The molecule has 17 heavy (non-hydrogen) atoms. The van der Waals surface area contributed by atoms with E-state index in [-0.39, 0.29) is 23.6 Å². The second kappa shape index (κ2) is 6.18. The summed E-state index contributed by atoms with van der Waals surface area (Å²) < 4.78 is 4.75. The average Bonchev–Trinajstić information content (AvgIpc) is 2.76. The Bertz CT molecular complexity index is 283. The fourth-order valence-electron chi connectivity index (χ4n) is 2.80. The number of esters is 1. The van der Waals surface area contributed by atoms with Gasteiger partial charge in [0.05, 0.1) is 7.11 Å². The first-order valence-electron chi connectivity index (χ1n) is 6.62. The zero-order valence-corrected chi connectivity index (χ0v) is 11.4. The molecule has 1 aliphatic carbocycles. The van der Waals surface area contributed by atoms with E-state index in [2.05, 4.69) is 6.92 Å². The first kappa shape index (κ1) is 14.2. The average molecular weight is 240 g/mol. The summed E-state index contributed by atoms with van der Waals surface area (Å²) in [5.74, 6) is -0.0789. The Morgan fingerprint density at radius 2 is 1.94 bits per heavy atom. The molecule has 0 amide bonds. The van der Waals surface area contributed by atoms with Crippen LogP contribution in [0.1, 0.15) is 46.5 Å². The highest BCUT2D eigenvalue weighted by Crippen LogP contribution is 2.36. The van der Waals surface area contributed by atoms with Gasteiger partial charge in [-0.05, 0) is 31.1 Å².